The molecule has 0 bridgehead atoms. The number of amides is 1. The molecule has 2 heterocycles. The van der Waals surface area contributed by atoms with E-state index in [-0.39, 0.29) is 19.1 Å². The molecule has 0 aromatic carbocycles. The minimum absolute atomic E-state index is 0.0260. The number of tetrazole rings is 1. The highest BCUT2D eigenvalue weighted by atomic mass is 32.1. The van der Waals surface area contributed by atoms with E-state index in [1.165, 1.54) is 16.1 Å². The SMILES string of the molecule is CC(C)(CO)NC(=O)Cn1nnc(-c2cccs2)n1. The highest BCUT2D eigenvalue weighted by Crippen LogP contribution is 2.19. The first-order valence-corrected chi connectivity index (χ1v) is 6.62. The summed E-state index contributed by atoms with van der Waals surface area (Å²) in [4.78, 5) is 13.9. The molecule has 0 radical (unpaired) electrons. The molecule has 1 amide bonds. The lowest BCUT2D eigenvalue weighted by Crippen LogP contribution is -2.47. The average Bonchev–Trinajstić information content (AvgIpc) is 2.97. The largest absolute Gasteiger partial charge is 0.394 e. The highest BCUT2D eigenvalue weighted by Gasteiger charge is 2.19. The minimum Gasteiger partial charge on any atom is -0.394 e. The first kappa shape index (κ1) is 13.6. The smallest absolute Gasteiger partial charge is 0.244 e. The molecule has 2 rings (SSSR count). The summed E-state index contributed by atoms with van der Waals surface area (Å²) in [5, 5.41) is 25.5. The summed E-state index contributed by atoms with van der Waals surface area (Å²) in [6, 6.07) is 3.79. The van der Waals surface area contributed by atoms with Crippen molar-refractivity contribution in [2.45, 2.75) is 25.9 Å². The van der Waals surface area contributed by atoms with Gasteiger partial charge in [0.2, 0.25) is 11.7 Å². The second kappa shape index (κ2) is 5.45. The Morgan fingerprint density at radius 3 is 3.00 bits per heavy atom. The van der Waals surface area contributed by atoms with Crippen molar-refractivity contribution in [2.24, 2.45) is 0 Å². The molecule has 19 heavy (non-hydrogen) atoms. The Labute approximate surface area is 114 Å². The molecule has 102 valence electrons. The summed E-state index contributed by atoms with van der Waals surface area (Å²) in [6.07, 6.45) is 0. The fourth-order valence-corrected chi connectivity index (χ4v) is 2.05. The molecule has 0 spiro atoms. The number of hydrogen-bond donors (Lipinski definition) is 2. The Kier molecular flexibility index (Phi) is 3.91. The molecule has 0 saturated carbocycles. The molecule has 2 aromatic heterocycles. The van der Waals surface area contributed by atoms with Crippen molar-refractivity contribution in [1.29, 1.82) is 0 Å². The topological polar surface area (TPSA) is 92.9 Å². The van der Waals surface area contributed by atoms with Gasteiger partial charge in [-0.15, -0.1) is 21.5 Å². The van der Waals surface area contributed by atoms with Crippen LogP contribution in [0.4, 0.5) is 0 Å². The maximum absolute atomic E-state index is 11.7. The van der Waals surface area contributed by atoms with Crippen LogP contribution in [0.25, 0.3) is 10.7 Å². The van der Waals surface area contributed by atoms with Gasteiger partial charge >= 0.3 is 0 Å². The van der Waals surface area contributed by atoms with Gasteiger partial charge in [-0.1, -0.05) is 6.07 Å². The van der Waals surface area contributed by atoms with E-state index in [4.69, 9.17) is 5.11 Å². The number of aliphatic hydroxyl groups is 1. The van der Waals surface area contributed by atoms with Gasteiger partial charge in [-0.2, -0.15) is 4.80 Å². The maximum atomic E-state index is 11.7. The van der Waals surface area contributed by atoms with Gasteiger partial charge in [0.25, 0.3) is 0 Å². The monoisotopic (exact) mass is 281 g/mol. The van der Waals surface area contributed by atoms with E-state index >= 15 is 0 Å². The molecule has 8 heteroatoms. The zero-order valence-corrected chi connectivity index (χ0v) is 11.5. The molecule has 0 aliphatic rings. The lowest BCUT2D eigenvalue weighted by molar-refractivity contribution is -0.124. The molecular formula is C11H15N5O2S. The number of aromatic nitrogens is 4. The zero-order chi connectivity index (χ0) is 13.9. The highest BCUT2D eigenvalue weighted by molar-refractivity contribution is 7.13. The van der Waals surface area contributed by atoms with Crippen LogP contribution < -0.4 is 5.32 Å². The molecule has 0 fully saturated rings. The fraction of sp³-hybridized carbons (Fsp3) is 0.455. The molecule has 0 aliphatic heterocycles. The third-order valence-corrected chi connectivity index (χ3v) is 3.22. The molecule has 2 N–H and O–H groups in total. The molecule has 0 aliphatic carbocycles. The van der Waals surface area contributed by atoms with Gasteiger partial charge in [-0.3, -0.25) is 4.79 Å². The van der Waals surface area contributed by atoms with E-state index < -0.39 is 5.54 Å². The van der Waals surface area contributed by atoms with Crippen LogP contribution in [-0.2, 0) is 11.3 Å². The Balaban J connectivity index is 1.99. The van der Waals surface area contributed by atoms with Crippen LogP contribution in [0.15, 0.2) is 17.5 Å². The lowest BCUT2D eigenvalue weighted by atomic mass is 10.1. The molecule has 0 saturated heterocycles. The third-order valence-electron chi connectivity index (χ3n) is 2.35. The van der Waals surface area contributed by atoms with Gasteiger partial charge < -0.3 is 10.4 Å². The molecule has 0 atom stereocenters. The second-order valence-electron chi connectivity index (χ2n) is 4.71. The third kappa shape index (κ3) is 3.58. The number of rotatable bonds is 5. The Hall–Kier alpha value is -1.80. The summed E-state index contributed by atoms with van der Waals surface area (Å²) in [7, 11) is 0. The summed E-state index contributed by atoms with van der Waals surface area (Å²) in [5.41, 5.74) is -0.658. The first-order chi connectivity index (χ1) is 9.00. The van der Waals surface area contributed by atoms with Gasteiger partial charge in [0.15, 0.2) is 0 Å². The van der Waals surface area contributed by atoms with Gasteiger partial charge in [0, 0.05) is 0 Å². The normalized spacial score (nSPS) is 11.5. The van der Waals surface area contributed by atoms with Crippen molar-refractivity contribution >= 4 is 17.2 Å². The van der Waals surface area contributed by atoms with Crippen molar-refractivity contribution in [3.8, 4) is 10.7 Å². The first-order valence-electron chi connectivity index (χ1n) is 5.74. The predicted molar refractivity (Wildman–Crippen MR) is 70.4 cm³/mol. The number of aliphatic hydroxyl groups excluding tert-OH is 1. The predicted octanol–water partition coefficient (Wildman–Crippen LogP) is 0.289. The van der Waals surface area contributed by atoms with Gasteiger partial charge in [-0.05, 0) is 30.5 Å². The van der Waals surface area contributed by atoms with Crippen LogP contribution in [0.5, 0.6) is 0 Å². The summed E-state index contributed by atoms with van der Waals surface area (Å²) < 4.78 is 0. The number of hydrogen-bond acceptors (Lipinski definition) is 6. The van der Waals surface area contributed by atoms with Crippen molar-refractivity contribution in [2.75, 3.05) is 6.61 Å². The van der Waals surface area contributed by atoms with E-state index in [9.17, 15) is 4.79 Å². The van der Waals surface area contributed by atoms with Gasteiger partial charge in [0.1, 0.15) is 6.54 Å². The minimum atomic E-state index is -0.658. The van der Waals surface area contributed by atoms with E-state index in [1.807, 2.05) is 17.5 Å². The summed E-state index contributed by atoms with van der Waals surface area (Å²) >= 11 is 1.51. The summed E-state index contributed by atoms with van der Waals surface area (Å²) in [5.74, 6) is 0.235. The molecule has 7 nitrogen and oxygen atoms in total. The van der Waals surface area contributed by atoms with E-state index in [2.05, 4.69) is 20.7 Å². The van der Waals surface area contributed by atoms with Crippen LogP contribution in [0.2, 0.25) is 0 Å². The number of carbonyl (C=O) groups excluding carboxylic acids is 1. The van der Waals surface area contributed by atoms with Crippen molar-refractivity contribution < 1.29 is 9.90 Å². The number of nitrogens with one attached hydrogen (secondary N) is 1. The molecule has 2 aromatic rings. The van der Waals surface area contributed by atoms with Gasteiger partial charge in [-0.25, -0.2) is 0 Å². The zero-order valence-electron chi connectivity index (χ0n) is 10.7. The van der Waals surface area contributed by atoms with Crippen LogP contribution in [0.1, 0.15) is 13.8 Å². The Morgan fingerprint density at radius 2 is 2.37 bits per heavy atom. The molecular weight excluding hydrogens is 266 g/mol. The van der Waals surface area contributed by atoms with Crippen molar-refractivity contribution in [3.05, 3.63) is 17.5 Å². The standard InChI is InChI=1S/C11H15N5O2S/c1-11(2,7-17)12-9(18)6-16-14-10(13-15-16)8-4-3-5-19-8/h3-5,17H,6-7H2,1-2H3,(H,12,18). The van der Waals surface area contributed by atoms with Gasteiger partial charge in [0.05, 0.1) is 17.0 Å². The lowest BCUT2D eigenvalue weighted by Gasteiger charge is -2.22. The van der Waals surface area contributed by atoms with E-state index in [1.54, 1.807) is 13.8 Å². The van der Waals surface area contributed by atoms with E-state index in [0.29, 0.717) is 5.82 Å². The van der Waals surface area contributed by atoms with Crippen LogP contribution >= 0.6 is 11.3 Å². The summed E-state index contributed by atoms with van der Waals surface area (Å²) in [6.45, 7) is 3.30. The average molecular weight is 281 g/mol. The fourth-order valence-electron chi connectivity index (χ4n) is 1.40. The van der Waals surface area contributed by atoms with Crippen LogP contribution in [0.3, 0.4) is 0 Å². The molecule has 0 unspecified atom stereocenters. The number of carbonyl (C=O) groups is 1. The van der Waals surface area contributed by atoms with E-state index in [0.717, 1.165) is 4.88 Å². The van der Waals surface area contributed by atoms with Crippen molar-refractivity contribution in [3.63, 3.8) is 0 Å². The second-order valence-corrected chi connectivity index (χ2v) is 5.66. The maximum Gasteiger partial charge on any atom is 0.244 e. The number of nitrogens with zero attached hydrogens (tertiary/aromatic N) is 4. The Bertz CT molecular complexity index is 549. The van der Waals surface area contributed by atoms with Crippen LogP contribution in [0, 0.1) is 0 Å². The Morgan fingerprint density at radius 1 is 1.58 bits per heavy atom. The quantitative estimate of drug-likeness (QED) is 0.821. The van der Waals surface area contributed by atoms with Crippen LogP contribution in [-0.4, -0.2) is 43.4 Å². The van der Waals surface area contributed by atoms with Crippen molar-refractivity contribution in [1.82, 2.24) is 25.5 Å². The number of thiophene rings is 1.